The van der Waals surface area contributed by atoms with E-state index in [9.17, 15) is 5.11 Å². The maximum Gasteiger partial charge on any atom is 0.149 e. The van der Waals surface area contributed by atoms with Gasteiger partial charge in [0.05, 0.1) is 11.1 Å². The van der Waals surface area contributed by atoms with Crippen molar-refractivity contribution in [1.82, 2.24) is 0 Å². The minimum atomic E-state index is -0.0547. The highest BCUT2D eigenvalue weighted by Gasteiger charge is 2.05. The van der Waals surface area contributed by atoms with Gasteiger partial charge in [-0.15, -0.1) is 0 Å². The normalized spacial score (nSPS) is 9.58. The van der Waals surface area contributed by atoms with Crippen molar-refractivity contribution in [2.75, 3.05) is 6.61 Å². The number of aliphatic hydroxyl groups excluding tert-OH is 1. The number of rotatable bonds is 3. The molecule has 0 bridgehead atoms. The Morgan fingerprint density at radius 2 is 1.84 bits per heavy atom. The van der Waals surface area contributed by atoms with E-state index in [0.29, 0.717) is 5.75 Å². The van der Waals surface area contributed by atoms with Crippen LogP contribution in [0.4, 0.5) is 0 Å². The van der Waals surface area contributed by atoms with Crippen LogP contribution in [-0.2, 0) is 6.61 Å². The first-order valence-electron chi connectivity index (χ1n) is 5.86. The van der Waals surface area contributed by atoms with E-state index in [1.165, 1.54) is 0 Å². The van der Waals surface area contributed by atoms with Gasteiger partial charge in [-0.2, -0.15) is 0 Å². The molecule has 0 unspecified atom stereocenters. The molecule has 0 aliphatic carbocycles. The lowest BCUT2D eigenvalue weighted by Gasteiger charge is -2.09. The number of hydrogen-bond acceptors (Lipinski definition) is 2. The Morgan fingerprint density at radius 3 is 2.58 bits per heavy atom. The lowest BCUT2D eigenvalue weighted by Crippen LogP contribution is -1.99. The predicted octanol–water partition coefficient (Wildman–Crippen LogP) is 3.37. The van der Waals surface area contributed by atoms with Crippen LogP contribution in [0.5, 0.6) is 5.75 Å². The van der Waals surface area contributed by atoms with Gasteiger partial charge in [0.2, 0.25) is 0 Å². The Bertz CT molecular complexity index is 597. The third kappa shape index (κ3) is 3.85. The summed E-state index contributed by atoms with van der Waals surface area (Å²) in [5, 5.41) is 9.24. The molecule has 0 aliphatic heterocycles. The summed E-state index contributed by atoms with van der Waals surface area (Å²) in [5.41, 5.74) is 1.71. The molecule has 0 amide bonds. The lowest BCUT2D eigenvalue weighted by molar-refractivity contribution is 0.270. The van der Waals surface area contributed by atoms with Crippen molar-refractivity contribution < 1.29 is 9.84 Å². The van der Waals surface area contributed by atoms with Crippen molar-refractivity contribution in [2.24, 2.45) is 0 Å². The van der Waals surface area contributed by atoms with Crippen LogP contribution in [0.2, 0.25) is 0 Å². The fraction of sp³-hybridized carbons (Fsp3) is 0.125. The highest BCUT2D eigenvalue weighted by molar-refractivity contribution is 9.10. The van der Waals surface area contributed by atoms with Gasteiger partial charge in [0.25, 0.3) is 0 Å². The SMILES string of the molecule is OCc1cccc(Br)c1OCC#Cc1ccccc1. The number of para-hydroxylation sites is 1. The minimum Gasteiger partial charge on any atom is -0.479 e. The van der Waals surface area contributed by atoms with Crippen LogP contribution < -0.4 is 4.74 Å². The second-order valence-corrected chi connectivity index (χ2v) is 4.70. The monoisotopic (exact) mass is 316 g/mol. The summed E-state index contributed by atoms with van der Waals surface area (Å²) in [6, 6.07) is 15.3. The van der Waals surface area contributed by atoms with E-state index in [2.05, 4.69) is 27.8 Å². The molecule has 2 aromatic carbocycles. The molecule has 0 radical (unpaired) electrons. The quantitative estimate of drug-likeness (QED) is 0.880. The van der Waals surface area contributed by atoms with Gasteiger partial charge >= 0.3 is 0 Å². The van der Waals surface area contributed by atoms with E-state index in [1.54, 1.807) is 0 Å². The molecule has 1 N–H and O–H groups in total. The molecule has 2 rings (SSSR count). The van der Waals surface area contributed by atoms with Crippen LogP contribution >= 0.6 is 15.9 Å². The fourth-order valence-corrected chi connectivity index (χ4v) is 2.13. The zero-order chi connectivity index (χ0) is 13.5. The number of halogens is 1. The van der Waals surface area contributed by atoms with Gasteiger partial charge in [-0.25, -0.2) is 0 Å². The summed E-state index contributed by atoms with van der Waals surface area (Å²) in [5.74, 6) is 6.62. The molecule has 0 heterocycles. The first kappa shape index (κ1) is 13.7. The summed E-state index contributed by atoms with van der Waals surface area (Å²) in [6.07, 6.45) is 0. The van der Waals surface area contributed by atoms with Gasteiger partial charge in [0.15, 0.2) is 0 Å². The van der Waals surface area contributed by atoms with Crippen molar-refractivity contribution >= 4 is 15.9 Å². The molecule has 2 aromatic rings. The maximum absolute atomic E-state index is 9.24. The van der Waals surface area contributed by atoms with Crippen molar-refractivity contribution in [3.05, 3.63) is 64.1 Å². The van der Waals surface area contributed by atoms with E-state index in [1.807, 2.05) is 48.5 Å². The third-order valence-corrected chi connectivity index (χ3v) is 3.14. The number of benzene rings is 2. The second-order valence-electron chi connectivity index (χ2n) is 3.84. The summed E-state index contributed by atoms with van der Waals surface area (Å²) >= 11 is 3.40. The summed E-state index contributed by atoms with van der Waals surface area (Å²) in [7, 11) is 0. The van der Waals surface area contributed by atoms with Crippen LogP contribution in [0.3, 0.4) is 0 Å². The largest absolute Gasteiger partial charge is 0.479 e. The molecule has 0 aliphatic rings. The Hall–Kier alpha value is -1.76. The fourth-order valence-electron chi connectivity index (χ4n) is 1.61. The van der Waals surface area contributed by atoms with Gasteiger partial charge in [-0.05, 0) is 34.1 Å². The van der Waals surface area contributed by atoms with Gasteiger partial charge in [-0.3, -0.25) is 0 Å². The number of aliphatic hydroxyl groups is 1. The van der Waals surface area contributed by atoms with Crippen LogP contribution in [0.15, 0.2) is 53.0 Å². The number of hydrogen-bond donors (Lipinski definition) is 1. The van der Waals surface area contributed by atoms with Crippen molar-refractivity contribution in [1.29, 1.82) is 0 Å². The Labute approximate surface area is 121 Å². The first-order valence-corrected chi connectivity index (χ1v) is 6.65. The summed E-state index contributed by atoms with van der Waals surface area (Å²) in [4.78, 5) is 0. The third-order valence-electron chi connectivity index (χ3n) is 2.51. The Balaban J connectivity index is 2.02. The topological polar surface area (TPSA) is 29.5 Å². The van der Waals surface area contributed by atoms with E-state index >= 15 is 0 Å². The molecule has 2 nitrogen and oxygen atoms in total. The van der Waals surface area contributed by atoms with E-state index < -0.39 is 0 Å². The van der Waals surface area contributed by atoms with Crippen molar-refractivity contribution in [3.63, 3.8) is 0 Å². The standard InChI is InChI=1S/C16H13BrO2/c17-15-10-4-9-14(12-18)16(15)19-11-5-8-13-6-2-1-3-7-13/h1-4,6-7,9-10,18H,11-12H2. The summed E-state index contributed by atoms with van der Waals surface area (Å²) < 4.78 is 6.42. The molecular formula is C16H13BrO2. The van der Waals surface area contributed by atoms with E-state index in [0.717, 1.165) is 15.6 Å². The average molecular weight is 317 g/mol. The summed E-state index contributed by atoms with van der Waals surface area (Å²) in [6.45, 7) is 0.228. The smallest absolute Gasteiger partial charge is 0.149 e. The lowest BCUT2D eigenvalue weighted by atomic mass is 10.2. The molecule has 3 heteroatoms. The van der Waals surface area contributed by atoms with Crippen LogP contribution in [0.25, 0.3) is 0 Å². The molecule has 0 saturated carbocycles. The van der Waals surface area contributed by atoms with Crippen LogP contribution in [0.1, 0.15) is 11.1 Å². The van der Waals surface area contributed by atoms with Gasteiger partial charge < -0.3 is 9.84 Å². The van der Waals surface area contributed by atoms with E-state index in [4.69, 9.17) is 4.74 Å². The molecule has 0 atom stereocenters. The van der Waals surface area contributed by atoms with Crippen molar-refractivity contribution in [3.8, 4) is 17.6 Å². The second kappa shape index (κ2) is 6.98. The zero-order valence-corrected chi connectivity index (χ0v) is 11.9. The first-order chi connectivity index (χ1) is 9.31. The Kier molecular flexibility index (Phi) is 5.02. The van der Waals surface area contributed by atoms with Gasteiger partial charge in [-0.1, -0.05) is 42.2 Å². The average Bonchev–Trinajstić information content (AvgIpc) is 2.46. The molecule has 0 aromatic heterocycles. The molecule has 0 saturated heterocycles. The minimum absolute atomic E-state index is 0.0547. The molecule has 0 spiro atoms. The molecule has 0 fully saturated rings. The highest BCUT2D eigenvalue weighted by Crippen LogP contribution is 2.28. The highest BCUT2D eigenvalue weighted by atomic mass is 79.9. The molecule has 96 valence electrons. The van der Waals surface area contributed by atoms with Gasteiger partial charge in [0.1, 0.15) is 12.4 Å². The molecule has 19 heavy (non-hydrogen) atoms. The van der Waals surface area contributed by atoms with Crippen LogP contribution in [-0.4, -0.2) is 11.7 Å². The van der Waals surface area contributed by atoms with Gasteiger partial charge in [0, 0.05) is 11.1 Å². The van der Waals surface area contributed by atoms with E-state index in [-0.39, 0.29) is 13.2 Å². The molecular weight excluding hydrogens is 304 g/mol. The zero-order valence-electron chi connectivity index (χ0n) is 10.3. The maximum atomic E-state index is 9.24. The number of ether oxygens (including phenoxy) is 1. The van der Waals surface area contributed by atoms with Crippen molar-refractivity contribution in [2.45, 2.75) is 6.61 Å². The van der Waals surface area contributed by atoms with Crippen LogP contribution in [0, 0.1) is 11.8 Å². The Morgan fingerprint density at radius 1 is 1.05 bits per heavy atom. The predicted molar refractivity (Wildman–Crippen MR) is 78.9 cm³/mol.